The second-order valence-electron chi connectivity index (χ2n) is 9.24. The molecule has 1 aliphatic heterocycles. The van der Waals surface area contributed by atoms with Crippen molar-refractivity contribution in [2.45, 2.75) is 72.1 Å². The Bertz CT molecular complexity index is 697. The van der Waals surface area contributed by atoms with Crippen molar-refractivity contribution in [1.82, 2.24) is 4.90 Å². The van der Waals surface area contributed by atoms with Gasteiger partial charge in [-0.05, 0) is 68.4 Å². The molecule has 4 heteroatoms. The van der Waals surface area contributed by atoms with Gasteiger partial charge in [-0.2, -0.15) is 0 Å². The average molecular weight is 385 g/mol. The van der Waals surface area contributed by atoms with Crippen LogP contribution in [0.25, 0.3) is 0 Å². The summed E-state index contributed by atoms with van der Waals surface area (Å²) in [6.45, 7) is 10.4. The van der Waals surface area contributed by atoms with Crippen LogP contribution in [0.3, 0.4) is 0 Å². The minimum absolute atomic E-state index is 0.0186. The van der Waals surface area contributed by atoms with Gasteiger partial charge in [0.2, 0.25) is 11.8 Å². The second kappa shape index (κ2) is 9.11. The molecule has 3 rings (SSSR count). The standard InChI is InChI=1S/C24H36N2O2/c1-16(2)21-7-5-6-18(4)22(21)25-23(27)19-8-10-20(11-9-19)24(28)26-14-12-17(3)13-15-26/h5-7,16-17,19-20H,8-15H2,1-4H3,(H,25,27). The molecule has 154 valence electrons. The minimum Gasteiger partial charge on any atom is -0.342 e. The van der Waals surface area contributed by atoms with E-state index in [1.807, 2.05) is 0 Å². The summed E-state index contributed by atoms with van der Waals surface area (Å²) in [5, 5.41) is 3.21. The number of carbonyl (C=O) groups is 2. The van der Waals surface area contributed by atoms with E-state index in [9.17, 15) is 9.59 Å². The number of hydrogen-bond donors (Lipinski definition) is 1. The first-order valence-corrected chi connectivity index (χ1v) is 11.1. The number of nitrogens with one attached hydrogen (secondary N) is 1. The number of nitrogens with zero attached hydrogens (tertiary/aromatic N) is 1. The molecule has 1 heterocycles. The molecule has 0 atom stereocenters. The molecular formula is C24H36N2O2. The SMILES string of the molecule is Cc1cccc(C(C)C)c1NC(=O)C1CCC(C(=O)N2CCC(C)CC2)CC1. The second-order valence-corrected chi connectivity index (χ2v) is 9.24. The van der Waals surface area contributed by atoms with E-state index in [-0.39, 0.29) is 17.7 Å². The molecule has 0 spiro atoms. The number of piperidine rings is 1. The van der Waals surface area contributed by atoms with Crippen LogP contribution >= 0.6 is 0 Å². The fraction of sp³-hybridized carbons (Fsp3) is 0.667. The quantitative estimate of drug-likeness (QED) is 0.783. The highest BCUT2D eigenvalue weighted by atomic mass is 16.2. The number of likely N-dealkylation sites (tertiary alicyclic amines) is 1. The summed E-state index contributed by atoms with van der Waals surface area (Å²) in [6, 6.07) is 6.21. The normalized spacial score (nSPS) is 23.7. The van der Waals surface area contributed by atoms with Crippen LogP contribution in [0.2, 0.25) is 0 Å². The molecule has 0 aromatic heterocycles. The fourth-order valence-electron chi connectivity index (χ4n) is 4.66. The lowest BCUT2D eigenvalue weighted by atomic mass is 9.80. The molecule has 1 N–H and O–H groups in total. The Hall–Kier alpha value is -1.84. The lowest BCUT2D eigenvalue weighted by molar-refractivity contribution is -0.139. The third-order valence-electron chi connectivity index (χ3n) is 6.72. The molecule has 1 aliphatic carbocycles. The lowest BCUT2D eigenvalue weighted by Crippen LogP contribution is -2.42. The largest absolute Gasteiger partial charge is 0.342 e. The van der Waals surface area contributed by atoms with Crippen molar-refractivity contribution in [1.29, 1.82) is 0 Å². The maximum Gasteiger partial charge on any atom is 0.227 e. The van der Waals surface area contributed by atoms with E-state index < -0.39 is 0 Å². The Morgan fingerprint density at radius 2 is 1.61 bits per heavy atom. The Morgan fingerprint density at radius 3 is 2.21 bits per heavy atom. The van der Waals surface area contributed by atoms with Crippen molar-refractivity contribution in [2.24, 2.45) is 17.8 Å². The molecule has 1 aromatic carbocycles. The van der Waals surface area contributed by atoms with Gasteiger partial charge in [0.15, 0.2) is 0 Å². The number of rotatable bonds is 4. The summed E-state index contributed by atoms with van der Waals surface area (Å²) < 4.78 is 0. The van der Waals surface area contributed by atoms with Crippen LogP contribution in [-0.2, 0) is 9.59 Å². The molecule has 2 fully saturated rings. The van der Waals surface area contributed by atoms with Crippen LogP contribution in [0.4, 0.5) is 5.69 Å². The number of para-hydroxylation sites is 1. The summed E-state index contributed by atoms with van der Waals surface area (Å²) in [6.07, 6.45) is 5.56. The molecule has 0 radical (unpaired) electrons. The highest BCUT2D eigenvalue weighted by Gasteiger charge is 2.33. The maximum atomic E-state index is 12.9. The molecule has 1 aromatic rings. The maximum absolute atomic E-state index is 12.9. The van der Waals surface area contributed by atoms with Crippen LogP contribution in [0.1, 0.15) is 76.3 Å². The molecule has 0 bridgehead atoms. The molecule has 2 aliphatic rings. The highest BCUT2D eigenvalue weighted by molar-refractivity contribution is 5.94. The molecular weight excluding hydrogens is 348 g/mol. The van der Waals surface area contributed by atoms with Crippen LogP contribution < -0.4 is 5.32 Å². The van der Waals surface area contributed by atoms with Gasteiger partial charge in [-0.3, -0.25) is 9.59 Å². The first-order chi connectivity index (χ1) is 13.4. The molecule has 4 nitrogen and oxygen atoms in total. The number of amides is 2. The Morgan fingerprint density at radius 1 is 1.00 bits per heavy atom. The van der Waals surface area contributed by atoms with Gasteiger partial charge in [0.05, 0.1) is 0 Å². The molecule has 0 unspecified atom stereocenters. The third-order valence-corrected chi connectivity index (χ3v) is 6.72. The monoisotopic (exact) mass is 384 g/mol. The van der Waals surface area contributed by atoms with Gasteiger partial charge in [0.25, 0.3) is 0 Å². The van der Waals surface area contributed by atoms with Crippen LogP contribution in [0, 0.1) is 24.7 Å². The predicted octanol–water partition coefficient (Wildman–Crippen LogP) is 5.12. The zero-order valence-electron chi connectivity index (χ0n) is 18.0. The van der Waals surface area contributed by atoms with Gasteiger partial charge in [-0.1, -0.05) is 39.0 Å². The summed E-state index contributed by atoms with van der Waals surface area (Å²) in [7, 11) is 0. The highest BCUT2D eigenvalue weighted by Crippen LogP contribution is 2.33. The lowest BCUT2D eigenvalue weighted by Gasteiger charge is -2.35. The van der Waals surface area contributed by atoms with Gasteiger partial charge in [0.1, 0.15) is 0 Å². The number of aryl methyl sites for hydroxylation is 1. The van der Waals surface area contributed by atoms with Crippen molar-refractivity contribution in [3.63, 3.8) is 0 Å². The Kier molecular flexibility index (Phi) is 6.79. The summed E-state index contributed by atoms with van der Waals surface area (Å²) >= 11 is 0. The fourth-order valence-corrected chi connectivity index (χ4v) is 4.66. The van der Waals surface area contributed by atoms with E-state index >= 15 is 0 Å². The summed E-state index contributed by atoms with van der Waals surface area (Å²) in [4.78, 5) is 27.8. The van der Waals surface area contributed by atoms with E-state index in [0.717, 1.165) is 68.8 Å². The first kappa shape index (κ1) is 20.9. The summed E-state index contributed by atoms with van der Waals surface area (Å²) in [5.74, 6) is 1.68. The van der Waals surface area contributed by atoms with Gasteiger partial charge < -0.3 is 10.2 Å². The molecule has 1 saturated heterocycles. The van der Waals surface area contributed by atoms with Crippen molar-refractivity contribution >= 4 is 17.5 Å². The Labute approximate surface area is 170 Å². The number of benzene rings is 1. The number of anilines is 1. The van der Waals surface area contributed by atoms with Gasteiger partial charge >= 0.3 is 0 Å². The average Bonchev–Trinajstić information content (AvgIpc) is 2.69. The topological polar surface area (TPSA) is 49.4 Å². The minimum atomic E-state index is 0.0186. The first-order valence-electron chi connectivity index (χ1n) is 11.1. The molecule has 28 heavy (non-hydrogen) atoms. The van der Waals surface area contributed by atoms with E-state index in [0.29, 0.717) is 11.8 Å². The number of carbonyl (C=O) groups excluding carboxylic acids is 2. The van der Waals surface area contributed by atoms with E-state index in [1.165, 1.54) is 5.56 Å². The van der Waals surface area contributed by atoms with Gasteiger partial charge in [-0.15, -0.1) is 0 Å². The smallest absolute Gasteiger partial charge is 0.227 e. The molecule has 2 amide bonds. The van der Waals surface area contributed by atoms with Crippen molar-refractivity contribution in [3.05, 3.63) is 29.3 Å². The van der Waals surface area contributed by atoms with Crippen LogP contribution in [0.15, 0.2) is 18.2 Å². The van der Waals surface area contributed by atoms with Gasteiger partial charge in [0, 0.05) is 30.6 Å². The molecule has 1 saturated carbocycles. The van der Waals surface area contributed by atoms with E-state index in [4.69, 9.17) is 0 Å². The predicted molar refractivity (Wildman–Crippen MR) is 114 cm³/mol. The van der Waals surface area contributed by atoms with E-state index in [2.05, 4.69) is 56.1 Å². The van der Waals surface area contributed by atoms with Crippen molar-refractivity contribution < 1.29 is 9.59 Å². The van der Waals surface area contributed by atoms with Crippen LogP contribution in [-0.4, -0.2) is 29.8 Å². The zero-order valence-corrected chi connectivity index (χ0v) is 18.0. The third kappa shape index (κ3) is 4.76. The van der Waals surface area contributed by atoms with Gasteiger partial charge in [-0.25, -0.2) is 0 Å². The number of hydrogen-bond acceptors (Lipinski definition) is 2. The Balaban J connectivity index is 1.55. The van der Waals surface area contributed by atoms with Crippen molar-refractivity contribution in [2.75, 3.05) is 18.4 Å². The van der Waals surface area contributed by atoms with E-state index in [1.54, 1.807) is 0 Å². The zero-order chi connectivity index (χ0) is 20.3. The van der Waals surface area contributed by atoms with Crippen molar-refractivity contribution in [3.8, 4) is 0 Å². The van der Waals surface area contributed by atoms with Crippen LogP contribution in [0.5, 0.6) is 0 Å². The summed E-state index contributed by atoms with van der Waals surface area (Å²) in [5.41, 5.74) is 3.28.